The molecule has 50 atom stereocenters. The first kappa shape index (κ1) is 122. The topological polar surface area (TPSA) is 940 Å². The molecular formula is C79H140N8O50. The predicted octanol–water partition coefficient (Wildman–Crippen LogP) is -17.9. The third-order valence-corrected chi connectivity index (χ3v) is 23.5. The molecule has 0 spiro atoms. The molecular weight excluding hydrogens is 1860 g/mol. The van der Waals surface area contributed by atoms with Crippen molar-refractivity contribution in [1.82, 2.24) is 26.6 Å². The molecule has 0 aromatic heterocycles. The lowest BCUT2D eigenvalue weighted by molar-refractivity contribution is -0.373. The Labute approximate surface area is 783 Å². The van der Waals surface area contributed by atoms with Gasteiger partial charge in [-0.25, -0.2) is 0 Å². The van der Waals surface area contributed by atoms with E-state index in [0.29, 0.717) is 32.1 Å². The molecule has 10 saturated heterocycles. The van der Waals surface area contributed by atoms with Crippen molar-refractivity contribution in [1.29, 1.82) is 0 Å². The molecule has 10 fully saturated rings. The second kappa shape index (κ2) is 57.2. The fraction of sp³-hybridized carbons (Fsp3) is 0.911. The number of amides is 5. The second-order valence-electron chi connectivity index (χ2n) is 33.3. The van der Waals surface area contributed by atoms with Crippen LogP contribution in [0.3, 0.4) is 0 Å². The smallest absolute Gasteiger partial charge is 0.232 e. The van der Waals surface area contributed by atoms with Crippen LogP contribution in [0.4, 0.5) is 0 Å². The van der Waals surface area contributed by atoms with Gasteiger partial charge < -0.3 is 251 Å². The maximum Gasteiger partial charge on any atom is 0.232 e. The van der Waals surface area contributed by atoms with Gasteiger partial charge in [0.2, 0.25) is 29.5 Å². The number of rotatable bonds is 29. The Morgan fingerprint density at radius 1 is 0.270 bits per heavy atom. The summed E-state index contributed by atoms with van der Waals surface area (Å²) in [6, 6.07) is 0. The molecule has 137 heavy (non-hydrogen) atoms. The molecule has 20 unspecified atom stereocenters. The molecule has 5 amide bonds. The standard InChI is InChI=1S/C17H27NO10.C16H29NO10.C15H26N4O10.2C15H27NO10.CH4/c1-3-5-9(19)18-6-8-11(21)13(23)15(25)17(27-8)28-16-14(24)12(22)10(20)7(4-2)26-16;1-3-6-9(19)11(21)13(23)15(25-6)27-16-14(24)12(22)10(20)7(26-16)5-17-8(18)4-2;1-2-5-8(21)10(23)12(25)14(27-5)29-15-13(26)11(24)9(22)6(28-15)3-17-7(20)4-18-19-16;2*1-3-6-8(18)10(20)12(22)14(24-6)26-15-13(23)11(21)9(19)7(25-15)4-16-5(2)17;/h1,7-8,10-17,20-25H,4-6H2,2H3,(H,18,19);6-7,9-16,19-24H,3-5H2,1-2H3,(H,17,18);5-6,8-15,21-26H,2-4H2,1H3,(H,17,20);2*6-15,18-23H,3-4H2,1-2H3,(H,16,17);1H4/t7?,8?,10-,11-,12?,13+,14-,15?,16-,17-;6?,7?,9-,10-,11?,12+,13-,14?,15-,16-;5?,6?,8-,9-,10?,11+,12-,13?,14-,15-;2*6?,7?,8-,9-,10?,11+,12-,13?,14-,15-;/m11111./s1. The summed E-state index contributed by atoms with van der Waals surface area (Å²) >= 11 is 0. The second-order valence-corrected chi connectivity index (χ2v) is 33.3. The summed E-state index contributed by atoms with van der Waals surface area (Å²) in [7, 11) is 0. The monoisotopic (exact) mass is 2000 g/mol. The fourth-order valence-corrected chi connectivity index (χ4v) is 15.0. The minimum atomic E-state index is -1.74. The van der Waals surface area contributed by atoms with Crippen molar-refractivity contribution < 1.29 is 248 Å². The average molecular weight is 2000 g/mol. The van der Waals surface area contributed by atoms with Crippen LogP contribution in [0.1, 0.15) is 108 Å². The number of nitrogens with one attached hydrogen (secondary N) is 5. The lowest BCUT2D eigenvalue weighted by Crippen LogP contribution is -2.64. The molecule has 10 rings (SSSR count). The van der Waals surface area contributed by atoms with Crippen molar-refractivity contribution >= 4 is 29.5 Å². The number of carbonyl (C=O) groups is 5. The molecule has 10 aliphatic heterocycles. The summed E-state index contributed by atoms with van der Waals surface area (Å²) in [4.78, 5) is 58.9. The zero-order chi connectivity index (χ0) is 102. The van der Waals surface area contributed by atoms with E-state index < -0.39 is 325 Å². The average Bonchev–Trinajstić information content (AvgIpc) is 0.802. The van der Waals surface area contributed by atoms with E-state index in [-0.39, 0.29) is 70.7 Å². The van der Waals surface area contributed by atoms with Crippen molar-refractivity contribution in [3.8, 4) is 12.3 Å². The molecule has 10 heterocycles. The molecule has 0 aromatic rings. The van der Waals surface area contributed by atoms with Gasteiger partial charge in [0.05, 0.1) is 36.9 Å². The summed E-state index contributed by atoms with van der Waals surface area (Å²) in [5.74, 6) is -0.0640. The third kappa shape index (κ3) is 32.2. The Morgan fingerprint density at radius 2 is 0.431 bits per heavy atom. The number of aliphatic hydroxyl groups is 30. The van der Waals surface area contributed by atoms with Crippen molar-refractivity contribution in [2.45, 2.75) is 415 Å². The van der Waals surface area contributed by atoms with Gasteiger partial charge in [-0.15, -0.1) is 6.42 Å². The molecule has 796 valence electrons. The van der Waals surface area contributed by atoms with Gasteiger partial charge in [-0.3, -0.25) is 24.0 Å². The zero-order valence-corrected chi connectivity index (χ0v) is 75.1. The molecule has 58 nitrogen and oxygen atoms in total. The Hall–Kier alpha value is -5.58. The minimum Gasteiger partial charge on any atom is -0.388 e. The van der Waals surface area contributed by atoms with E-state index in [1.807, 2.05) is 0 Å². The first-order chi connectivity index (χ1) is 63.9. The largest absolute Gasteiger partial charge is 0.388 e. The lowest BCUT2D eigenvalue weighted by Gasteiger charge is -2.45. The van der Waals surface area contributed by atoms with Gasteiger partial charge in [0.1, 0.15) is 220 Å². The normalized spacial score (nSPS) is 44.7. The fourth-order valence-electron chi connectivity index (χ4n) is 15.0. The summed E-state index contributed by atoms with van der Waals surface area (Å²) < 4.78 is 80.8. The number of azide groups is 1. The van der Waals surface area contributed by atoms with Crippen LogP contribution in [0.15, 0.2) is 5.11 Å². The summed E-state index contributed by atoms with van der Waals surface area (Å²) in [6.07, 6.45) is -64.9. The van der Waals surface area contributed by atoms with Gasteiger partial charge in [-0.2, -0.15) is 0 Å². The molecule has 0 aromatic carbocycles. The Bertz CT molecular complexity index is 3590. The highest BCUT2D eigenvalue weighted by Gasteiger charge is 2.57. The zero-order valence-electron chi connectivity index (χ0n) is 75.1. The number of aliphatic hydroxyl groups excluding tert-OH is 30. The van der Waals surface area contributed by atoms with Crippen molar-refractivity contribution in [2.24, 2.45) is 5.11 Å². The van der Waals surface area contributed by atoms with Crippen LogP contribution >= 0.6 is 0 Å². The molecule has 58 heteroatoms. The number of ether oxygens (including phenoxy) is 15. The van der Waals surface area contributed by atoms with Crippen LogP contribution in [0, 0.1) is 12.3 Å². The number of hydrogen-bond acceptors (Lipinski definition) is 51. The van der Waals surface area contributed by atoms with E-state index in [0.717, 1.165) is 0 Å². The SMILES string of the molecule is C.C#CCC(=O)NCC1O[C@H](O[C@H]2OC(CC)[C@@H](O)C(O)[C@H]2O)C(O)[C@@H](O)[C@@H]1O.CCC(=O)NCC1O[C@H](O[C@H]2OC(CC)[C@@H](O)C(O)[C@H]2O)C(O)[C@@H](O)[C@@H]1O.CCC1O[C@H](O[C@H]2OC(CNC(=O)CN=[N+]=[N-])[C@@H](O)[C@H](O)C2O)[C@H](O)C(O)[C@@H]1O.CCC1O[C@H](O[C@H]2OC(CNC(C)=O)[C@@H](O)[C@H](O)C2O)[C@H](O)C(O)[C@@H]1O.CCC1O[C@H](O[C@H]2OC(CNC(C)=O)[C@@H](O)[C@H](O)C2O)[C@H](O)C(O)[C@@H]1O. The Balaban J connectivity index is 0.000000302. The van der Waals surface area contributed by atoms with E-state index in [4.69, 9.17) is 83.0 Å². The molecule has 0 aliphatic carbocycles. The van der Waals surface area contributed by atoms with Gasteiger partial charge >= 0.3 is 0 Å². The maximum atomic E-state index is 11.5. The summed E-state index contributed by atoms with van der Waals surface area (Å²) in [5, 5.41) is 315. The van der Waals surface area contributed by atoms with Gasteiger partial charge in [0.15, 0.2) is 62.9 Å². The van der Waals surface area contributed by atoms with E-state index >= 15 is 0 Å². The highest BCUT2D eigenvalue weighted by molar-refractivity contribution is 5.78. The van der Waals surface area contributed by atoms with Crippen LogP contribution in [0.2, 0.25) is 0 Å². The van der Waals surface area contributed by atoms with Crippen LogP contribution in [-0.2, 0) is 95.0 Å². The molecule has 35 N–H and O–H groups in total. The van der Waals surface area contributed by atoms with Crippen molar-refractivity contribution in [3.63, 3.8) is 0 Å². The van der Waals surface area contributed by atoms with E-state index in [2.05, 4.69) is 42.5 Å². The van der Waals surface area contributed by atoms with E-state index in [1.54, 1.807) is 41.5 Å². The number of carbonyl (C=O) groups excluding carboxylic acids is 5. The van der Waals surface area contributed by atoms with Gasteiger partial charge in [-0.1, -0.05) is 60.0 Å². The maximum absolute atomic E-state index is 11.5. The molecule has 10 aliphatic rings. The number of terminal acetylenes is 1. The van der Waals surface area contributed by atoms with Crippen LogP contribution < -0.4 is 26.6 Å². The van der Waals surface area contributed by atoms with Crippen molar-refractivity contribution in [3.05, 3.63) is 10.4 Å². The first-order valence-electron chi connectivity index (χ1n) is 43.9. The molecule has 0 bridgehead atoms. The predicted molar refractivity (Wildman–Crippen MR) is 445 cm³/mol. The quantitative estimate of drug-likeness (QED) is 0.0143. The third-order valence-electron chi connectivity index (χ3n) is 23.5. The van der Waals surface area contributed by atoms with Gasteiger partial charge in [-0.05, 0) is 37.6 Å². The van der Waals surface area contributed by atoms with Crippen LogP contribution in [-0.4, -0.2) is 529 Å². The molecule has 0 radical (unpaired) electrons. The van der Waals surface area contributed by atoms with Gasteiger partial charge in [0.25, 0.3) is 0 Å². The number of nitrogens with zero attached hydrogens (tertiary/aromatic N) is 3. The summed E-state index contributed by atoms with van der Waals surface area (Å²) in [6.45, 7) is 11.2. The highest BCUT2D eigenvalue weighted by atomic mass is 16.8. The molecule has 0 saturated carbocycles. The van der Waals surface area contributed by atoms with Gasteiger partial charge in [0, 0.05) is 57.9 Å². The lowest BCUT2D eigenvalue weighted by atomic mass is 9.97. The summed E-state index contributed by atoms with van der Waals surface area (Å²) in [5.41, 5.74) is 8.19. The van der Waals surface area contributed by atoms with Crippen LogP contribution in [0.5, 0.6) is 0 Å². The van der Waals surface area contributed by atoms with E-state index in [1.165, 1.54) is 13.8 Å². The van der Waals surface area contributed by atoms with Crippen molar-refractivity contribution in [2.75, 3.05) is 39.3 Å². The van der Waals surface area contributed by atoms with Crippen LogP contribution in [0.25, 0.3) is 10.4 Å². The number of hydrogen-bond donors (Lipinski definition) is 35. The minimum absolute atomic E-state index is 0. The highest BCUT2D eigenvalue weighted by Crippen LogP contribution is 2.37. The Morgan fingerprint density at radius 3 is 0.591 bits per heavy atom. The Kier molecular flexibility index (Phi) is 50.9. The van der Waals surface area contributed by atoms with E-state index in [9.17, 15) is 177 Å². The first-order valence-corrected chi connectivity index (χ1v) is 43.9.